The highest BCUT2D eigenvalue weighted by atomic mass is 16.5. The van der Waals surface area contributed by atoms with Crippen LogP contribution in [0.15, 0.2) is 23.5 Å². The first kappa shape index (κ1) is 23.1. The second-order valence-corrected chi connectivity index (χ2v) is 8.18. The number of aliphatic carboxylic acids is 1. The van der Waals surface area contributed by atoms with Gasteiger partial charge in [0, 0.05) is 5.92 Å². The predicted molar refractivity (Wildman–Crippen MR) is 106 cm³/mol. The summed E-state index contributed by atoms with van der Waals surface area (Å²) in [7, 11) is 0. The predicted octanol–water partition coefficient (Wildman–Crippen LogP) is 3.22. The zero-order valence-corrected chi connectivity index (χ0v) is 17.4. The first-order valence-corrected chi connectivity index (χ1v) is 10.4. The molecule has 3 unspecified atom stereocenters. The molecule has 0 aromatic heterocycles. The number of aliphatic hydroxyl groups is 1. The average Bonchev–Trinajstić information content (AvgIpc) is 2.66. The maximum absolute atomic E-state index is 12.3. The van der Waals surface area contributed by atoms with E-state index in [-0.39, 0.29) is 42.7 Å². The van der Waals surface area contributed by atoms with Crippen molar-refractivity contribution >= 4 is 17.9 Å². The van der Waals surface area contributed by atoms with Crippen LogP contribution < -0.4 is 0 Å². The van der Waals surface area contributed by atoms with Gasteiger partial charge in [-0.15, -0.1) is 0 Å². The lowest BCUT2D eigenvalue weighted by molar-refractivity contribution is -0.149. The van der Waals surface area contributed by atoms with Crippen LogP contribution in [0.3, 0.4) is 0 Å². The van der Waals surface area contributed by atoms with E-state index in [4.69, 9.17) is 14.6 Å². The largest absolute Gasteiger partial charge is 0.481 e. The standard InChI is InChI=1S/C22H32O7/c1-4-13(2)22(27)29-18-7-5-6-15-9-8-14(3)17(21(15)18)12-28-20(26)11-16(23)10-19(24)25/h5,7,13-17,23H,4,6,8-12H2,1-3H3,(H,24,25)/t13?,14-,15?,16?,17-/m0/s1. The Kier molecular flexibility index (Phi) is 8.44. The number of ether oxygens (including phenoxy) is 2. The van der Waals surface area contributed by atoms with Crippen molar-refractivity contribution < 1.29 is 34.1 Å². The van der Waals surface area contributed by atoms with Gasteiger partial charge in [0.2, 0.25) is 0 Å². The third-order valence-electron chi connectivity index (χ3n) is 5.93. The molecule has 0 aromatic carbocycles. The second-order valence-electron chi connectivity index (χ2n) is 8.18. The van der Waals surface area contributed by atoms with Crippen molar-refractivity contribution in [1.82, 2.24) is 0 Å². The number of esters is 2. The minimum absolute atomic E-state index is 0.0704. The van der Waals surface area contributed by atoms with Crippen LogP contribution in [0.25, 0.3) is 0 Å². The summed E-state index contributed by atoms with van der Waals surface area (Å²) in [5.41, 5.74) is 1.03. The van der Waals surface area contributed by atoms with Gasteiger partial charge in [-0.05, 0) is 49.2 Å². The van der Waals surface area contributed by atoms with Crippen LogP contribution in [0.4, 0.5) is 0 Å². The van der Waals surface area contributed by atoms with Gasteiger partial charge in [0.15, 0.2) is 0 Å². The van der Waals surface area contributed by atoms with E-state index in [2.05, 4.69) is 6.92 Å². The Morgan fingerprint density at radius 2 is 1.97 bits per heavy atom. The number of hydrogen-bond donors (Lipinski definition) is 2. The summed E-state index contributed by atoms with van der Waals surface area (Å²) in [6.07, 6.45) is 5.29. The Balaban J connectivity index is 2.11. The maximum atomic E-state index is 12.3. The van der Waals surface area contributed by atoms with E-state index in [9.17, 15) is 19.5 Å². The molecule has 0 spiro atoms. The molecule has 29 heavy (non-hydrogen) atoms. The summed E-state index contributed by atoms with van der Waals surface area (Å²) < 4.78 is 11.1. The number of aliphatic hydroxyl groups excluding tert-OH is 1. The third kappa shape index (κ3) is 6.42. The highest BCUT2D eigenvalue weighted by Crippen LogP contribution is 2.44. The van der Waals surface area contributed by atoms with E-state index >= 15 is 0 Å². The monoisotopic (exact) mass is 408 g/mol. The zero-order valence-electron chi connectivity index (χ0n) is 17.4. The smallest absolute Gasteiger partial charge is 0.314 e. The molecular weight excluding hydrogens is 376 g/mol. The van der Waals surface area contributed by atoms with E-state index in [0.717, 1.165) is 24.8 Å². The van der Waals surface area contributed by atoms with Crippen LogP contribution in [0.1, 0.15) is 59.3 Å². The van der Waals surface area contributed by atoms with E-state index in [1.807, 2.05) is 26.0 Å². The van der Waals surface area contributed by atoms with Gasteiger partial charge in [0.25, 0.3) is 0 Å². The average molecular weight is 408 g/mol. The van der Waals surface area contributed by atoms with Gasteiger partial charge in [-0.25, -0.2) is 0 Å². The maximum Gasteiger partial charge on any atom is 0.314 e. The number of fused-ring (bicyclic) bond motifs is 1. The Morgan fingerprint density at radius 1 is 1.24 bits per heavy atom. The minimum atomic E-state index is -1.26. The molecule has 0 radical (unpaired) electrons. The highest BCUT2D eigenvalue weighted by Gasteiger charge is 2.37. The van der Waals surface area contributed by atoms with Crippen molar-refractivity contribution in [3.8, 4) is 0 Å². The van der Waals surface area contributed by atoms with Crippen molar-refractivity contribution in [3.63, 3.8) is 0 Å². The van der Waals surface area contributed by atoms with Crippen molar-refractivity contribution in [1.29, 1.82) is 0 Å². The van der Waals surface area contributed by atoms with Gasteiger partial charge < -0.3 is 19.7 Å². The Labute approximate surface area is 171 Å². The summed E-state index contributed by atoms with van der Waals surface area (Å²) in [6, 6.07) is 0. The van der Waals surface area contributed by atoms with Gasteiger partial charge in [-0.1, -0.05) is 26.8 Å². The number of allylic oxidation sites excluding steroid dienone is 2. The van der Waals surface area contributed by atoms with Crippen LogP contribution in [-0.4, -0.2) is 40.8 Å². The molecule has 1 saturated carbocycles. The van der Waals surface area contributed by atoms with Crippen molar-refractivity contribution in [2.45, 2.75) is 65.4 Å². The lowest BCUT2D eigenvalue weighted by Gasteiger charge is -2.39. The van der Waals surface area contributed by atoms with Crippen LogP contribution in [-0.2, 0) is 23.9 Å². The summed E-state index contributed by atoms with van der Waals surface area (Å²) in [6.45, 7) is 5.99. The molecular formula is C22H32O7. The molecule has 1 fully saturated rings. The first-order valence-electron chi connectivity index (χ1n) is 10.4. The Hall–Kier alpha value is -2.15. The molecule has 7 nitrogen and oxygen atoms in total. The zero-order chi connectivity index (χ0) is 21.6. The van der Waals surface area contributed by atoms with E-state index in [0.29, 0.717) is 12.2 Å². The van der Waals surface area contributed by atoms with E-state index < -0.39 is 24.5 Å². The summed E-state index contributed by atoms with van der Waals surface area (Å²) >= 11 is 0. The molecule has 0 amide bonds. The molecule has 2 rings (SSSR count). The van der Waals surface area contributed by atoms with E-state index in [1.165, 1.54) is 0 Å². The molecule has 7 heteroatoms. The summed E-state index contributed by atoms with van der Waals surface area (Å²) in [4.78, 5) is 35.0. The molecule has 0 aliphatic heterocycles. The van der Waals surface area contributed by atoms with Crippen molar-refractivity contribution in [2.75, 3.05) is 6.61 Å². The van der Waals surface area contributed by atoms with Gasteiger partial charge in [-0.3, -0.25) is 14.4 Å². The fourth-order valence-electron chi connectivity index (χ4n) is 3.92. The van der Waals surface area contributed by atoms with Gasteiger partial charge >= 0.3 is 17.9 Å². The molecule has 0 aromatic rings. The number of carbonyl (C=O) groups is 3. The molecule has 0 bridgehead atoms. The molecule has 5 atom stereocenters. The topological polar surface area (TPSA) is 110 Å². The van der Waals surface area contributed by atoms with E-state index in [1.54, 1.807) is 0 Å². The second kappa shape index (κ2) is 10.6. The number of hydrogen-bond acceptors (Lipinski definition) is 6. The fourth-order valence-corrected chi connectivity index (χ4v) is 3.92. The third-order valence-corrected chi connectivity index (χ3v) is 5.93. The quantitative estimate of drug-likeness (QED) is 0.564. The Bertz CT molecular complexity index is 679. The summed E-state index contributed by atoms with van der Waals surface area (Å²) in [5, 5.41) is 18.3. The van der Waals surface area contributed by atoms with Gasteiger partial charge in [0.05, 0.1) is 31.5 Å². The number of carbonyl (C=O) groups excluding carboxylic acids is 2. The SMILES string of the molecule is CCC(C)C(=O)OC1=C2C(CC=C1)CC[C@H](C)[C@@H]2COC(=O)CC(O)CC(=O)O. The molecule has 0 saturated heterocycles. The van der Waals surface area contributed by atoms with Crippen LogP contribution in [0.5, 0.6) is 0 Å². The van der Waals surface area contributed by atoms with Gasteiger partial charge in [0.1, 0.15) is 5.76 Å². The van der Waals surface area contributed by atoms with Crippen LogP contribution >= 0.6 is 0 Å². The number of carboxylic acids is 1. The van der Waals surface area contributed by atoms with Crippen molar-refractivity contribution in [3.05, 3.63) is 23.5 Å². The lowest BCUT2D eigenvalue weighted by atomic mass is 9.68. The first-order chi connectivity index (χ1) is 13.7. The number of carboxylic acid groups (broad SMARTS) is 1. The number of rotatable bonds is 9. The lowest BCUT2D eigenvalue weighted by Crippen LogP contribution is -2.33. The van der Waals surface area contributed by atoms with Crippen LogP contribution in [0.2, 0.25) is 0 Å². The molecule has 0 heterocycles. The normalized spacial score (nSPS) is 25.7. The van der Waals surface area contributed by atoms with Crippen molar-refractivity contribution in [2.24, 2.45) is 23.7 Å². The molecule has 2 N–H and O–H groups in total. The summed E-state index contributed by atoms with van der Waals surface area (Å²) in [5.74, 6) is -1.22. The molecule has 2 aliphatic carbocycles. The highest BCUT2D eigenvalue weighted by molar-refractivity contribution is 5.74. The van der Waals surface area contributed by atoms with Crippen LogP contribution in [0, 0.1) is 23.7 Å². The molecule has 162 valence electrons. The minimum Gasteiger partial charge on any atom is -0.481 e. The fraction of sp³-hybridized carbons (Fsp3) is 0.682. The Morgan fingerprint density at radius 3 is 2.62 bits per heavy atom. The molecule has 2 aliphatic rings. The van der Waals surface area contributed by atoms with Gasteiger partial charge in [-0.2, -0.15) is 0 Å².